The third kappa shape index (κ3) is 1.39. The lowest BCUT2D eigenvalue weighted by Gasteiger charge is -2.12. The predicted octanol–water partition coefficient (Wildman–Crippen LogP) is 0.307. The van der Waals surface area contributed by atoms with E-state index in [2.05, 4.69) is 4.98 Å². The third-order valence-corrected chi connectivity index (χ3v) is 1.51. The molecule has 0 saturated heterocycles. The molecule has 1 rings (SSSR count). The molecule has 0 aliphatic rings. The Morgan fingerprint density at radius 1 is 1.64 bits per heavy atom. The van der Waals surface area contributed by atoms with Crippen LogP contribution in [0.1, 0.15) is 5.69 Å². The van der Waals surface area contributed by atoms with Gasteiger partial charge < -0.3 is 9.47 Å². The quantitative estimate of drug-likeness (QED) is 0.465. The molecule has 0 radical (unpaired) electrons. The highest BCUT2D eigenvalue weighted by Crippen LogP contribution is 1.98. The summed E-state index contributed by atoms with van der Waals surface area (Å²) in [6.45, 7) is 0. The number of nitrogens with zero attached hydrogens (tertiary/aromatic N) is 3. The molecule has 4 heteroatoms. The van der Waals surface area contributed by atoms with Gasteiger partial charge >= 0.3 is 0 Å². The van der Waals surface area contributed by atoms with E-state index in [-0.39, 0.29) is 0 Å². The summed E-state index contributed by atoms with van der Waals surface area (Å²) < 4.78 is 1.82. The van der Waals surface area contributed by atoms with Crippen LogP contribution in [0.4, 0.5) is 0 Å². The number of amidine groups is 1. The van der Waals surface area contributed by atoms with Gasteiger partial charge in [-0.1, -0.05) is 0 Å². The summed E-state index contributed by atoms with van der Waals surface area (Å²) in [7, 11) is 5.56. The molecule has 0 atom stereocenters. The van der Waals surface area contributed by atoms with Gasteiger partial charge in [0.15, 0.2) is 0 Å². The van der Waals surface area contributed by atoms with E-state index in [9.17, 15) is 0 Å². The minimum absolute atomic E-state index is 0.477. The zero-order valence-corrected chi connectivity index (χ0v) is 7.00. The highest BCUT2D eigenvalue weighted by Gasteiger charge is 2.05. The summed E-state index contributed by atoms with van der Waals surface area (Å²) >= 11 is 0. The summed E-state index contributed by atoms with van der Waals surface area (Å²) in [5.74, 6) is 0.477. The molecule has 0 amide bonds. The molecule has 1 heterocycles. The molecular formula is C7H12N4. The fraction of sp³-hybridized carbons (Fsp3) is 0.429. The Balaban J connectivity index is 2.93. The van der Waals surface area contributed by atoms with E-state index in [4.69, 9.17) is 5.41 Å². The van der Waals surface area contributed by atoms with Crippen molar-refractivity contribution in [1.29, 1.82) is 5.41 Å². The second-order valence-corrected chi connectivity index (χ2v) is 2.63. The van der Waals surface area contributed by atoms with Crippen LogP contribution in [0.25, 0.3) is 0 Å². The number of nitrogens with one attached hydrogen (secondary N) is 1. The Bertz CT molecular complexity index is 261. The van der Waals surface area contributed by atoms with Crippen LogP contribution in [-0.2, 0) is 7.05 Å². The van der Waals surface area contributed by atoms with E-state index < -0.39 is 0 Å². The third-order valence-electron chi connectivity index (χ3n) is 1.51. The van der Waals surface area contributed by atoms with E-state index in [0.29, 0.717) is 5.84 Å². The van der Waals surface area contributed by atoms with Gasteiger partial charge in [0.25, 0.3) is 0 Å². The minimum Gasteiger partial charge on any atom is -0.361 e. The van der Waals surface area contributed by atoms with Crippen molar-refractivity contribution in [2.45, 2.75) is 0 Å². The van der Waals surface area contributed by atoms with Crippen LogP contribution in [0.15, 0.2) is 12.5 Å². The molecule has 60 valence electrons. The van der Waals surface area contributed by atoms with Gasteiger partial charge in [0.2, 0.25) is 0 Å². The molecule has 0 fully saturated rings. The highest BCUT2D eigenvalue weighted by atomic mass is 15.2. The average Bonchev–Trinajstić information content (AvgIpc) is 2.33. The number of hydrogen-bond acceptors (Lipinski definition) is 2. The van der Waals surface area contributed by atoms with Gasteiger partial charge in [-0.15, -0.1) is 0 Å². The van der Waals surface area contributed by atoms with Crippen LogP contribution in [0.5, 0.6) is 0 Å². The molecule has 0 aromatic carbocycles. The molecule has 1 N–H and O–H groups in total. The fourth-order valence-electron chi connectivity index (χ4n) is 0.814. The summed E-state index contributed by atoms with van der Waals surface area (Å²) in [5, 5.41) is 7.61. The van der Waals surface area contributed by atoms with Gasteiger partial charge in [0.1, 0.15) is 11.5 Å². The maximum atomic E-state index is 7.61. The molecule has 1 aromatic rings. The van der Waals surface area contributed by atoms with Crippen molar-refractivity contribution in [3.05, 3.63) is 18.2 Å². The first kappa shape index (κ1) is 7.78. The van der Waals surface area contributed by atoms with Gasteiger partial charge in [-0.25, -0.2) is 4.98 Å². The molecule has 0 aliphatic carbocycles. The number of imidazole rings is 1. The van der Waals surface area contributed by atoms with Gasteiger partial charge in [0.05, 0.1) is 12.5 Å². The number of hydrogen-bond donors (Lipinski definition) is 1. The largest absolute Gasteiger partial charge is 0.361 e. The molecule has 0 spiro atoms. The lowest BCUT2D eigenvalue weighted by atomic mass is 10.4. The van der Waals surface area contributed by atoms with Crippen LogP contribution in [0, 0.1) is 5.41 Å². The van der Waals surface area contributed by atoms with E-state index >= 15 is 0 Å². The normalized spacial score (nSPS) is 9.73. The molecule has 0 bridgehead atoms. The number of rotatable bonds is 1. The smallest absolute Gasteiger partial charge is 0.146 e. The standard InChI is InChI=1S/C7H12N4/c1-10(2)7(8)6-4-9-5-11(6)3/h4-5,8H,1-3H3. The van der Waals surface area contributed by atoms with Crippen LogP contribution >= 0.6 is 0 Å². The van der Waals surface area contributed by atoms with Crippen LogP contribution in [-0.4, -0.2) is 34.4 Å². The number of aryl methyl sites for hydroxylation is 1. The highest BCUT2D eigenvalue weighted by molar-refractivity contribution is 5.94. The first-order valence-electron chi connectivity index (χ1n) is 3.35. The molecular weight excluding hydrogens is 140 g/mol. The molecule has 4 nitrogen and oxygen atoms in total. The zero-order chi connectivity index (χ0) is 8.43. The van der Waals surface area contributed by atoms with Crippen molar-refractivity contribution in [3.63, 3.8) is 0 Å². The van der Waals surface area contributed by atoms with Gasteiger partial charge in [0, 0.05) is 21.1 Å². The maximum absolute atomic E-state index is 7.61. The summed E-state index contributed by atoms with van der Waals surface area (Å²) in [6, 6.07) is 0. The van der Waals surface area contributed by atoms with Crippen molar-refractivity contribution in [1.82, 2.24) is 14.5 Å². The SMILES string of the molecule is CN(C)C(=N)c1cncn1C. The summed E-state index contributed by atoms with van der Waals surface area (Å²) in [5.41, 5.74) is 0.829. The molecule has 0 saturated carbocycles. The van der Waals surface area contributed by atoms with Crippen molar-refractivity contribution in [3.8, 4) is 0 Å². The molecule has 0 unspecified atom stereocenters. The Kier molecular flexibility index (Phi) is 1.94. The Morgan fingerprint density at radius 2 is 2.27 bits per heavy atom. The Hall–Kier alpha value is -1.32. The first-order valence-corrected chi connectivity index (χ1v) is 3.35. The zero-order valence-electron chi connectivity index (χ0n) is 7.00. The summed E-state index contributed by atoms with van der Waals surface area (Å²) in [4.78, 5) is 5.67. The van der Waals surface area contributed by atoms with Crippen molar-refractivity contribution >= 4 is 5.84 Å². The Labute approximate surface area is 66.0 Å². The van der Waals surface area contributed by atoms with Crippen molar-refractivity contribution < 1.29 is 0 Å². The van der Waals surface area contributed by atoms with E-state index in [0.717, 1.165) is 5.69 Å². The first-order chi connectivity index (χ1) is 5.13. The number of aromatic nitrogens is 2. The van der Waals surface area contributed by atoms with Crippen LogP contribution < -0.4 is 0 Å². The maximum Gasteiger partial charge on any atom is 0.146 e. The average molecular weight is 152 g/mol. The Morgan fingerprint density at radius 3 is 2.64 bits per heavy atom. The van der Waals surface area contributed by atoms with Gasteiger partial charge in [-0.3, -0.25) is 5.41 Å². The van der Waals surface area contributed by atoms with E-state index in [1.54, 1.807) is 17.4 Å². The topological polar surface area (TPSA) is 44.9 Å². The monoisotopic (exact) mass is 152 g/mol. The van der Waals surface area contributed by atoms with Gasteiger partial charge in [-0.2, -0.15) is 0 Å². The van der Waals surface area contributed by atoms with Crippen LogP contribution in [0.3, 0.4) is 0 Å². The van der Waals surface area contributed by atoms with Crippen molar-refractivity contribution in [2.24, 2.45) is 7.05 Å². The van der Waals surface area contributed by atoms with Crippen molar-refractivity contribution in [2.75, 3.05) is 14.1 Å². The lowest BCUT2D eigenvalue weighted by molar-refractivity contribution is 0.612. The fourth-order valence-corrected chi connectivity index (χ4v) is 0.814. The molecule has 0 aliphatic heterocycles. The van der Waals surface area contributed by atoms with E-state index in [1.807, 2.05) is 25.7 Å². The summed E-state index contributed by atoms with van der Waals surface area (Å²) in [6.07, 6.45) is 3.37. The van der Waals surface area contributed by atoms with E-state index in [1.165, 1.54) is 0 Å². The minimum atomic E-state index is 0.477. The molecule has 11 heavy (non-hydrogen) atoms. The predicted molar refractivity (Wildman–Crippen MR) is 43.7 cm³/mol. The second-order valence-electron chi connectivity index (χ2n) is 2.63. The second kappa shape index (κ2) is 2.74. The lowest BCUT2D eigenvalue weighted by Crippen LogP contribution is -2.23. The van der Waals surface area contributed by atoms with Crippen LogP contribution in [0.2, 0.25) is 0 Å². The van der Waals surface area contributed by atoms with Gasteiger partial charge in [-0.05, 0) is 0 Å². The molecule has 1 aromatic heterocycles.